The minimum Gasteiger partial charge on any atom is -0.507 e. The lowest BCUT2D eigenvalue weighted by molar-refractivity contribution is -1.02. The van der Waals surface area contributed by atoms with Crippen molar-refractivity contribution in [3.8, 4) is 23.0 Å². The Hall–Kier alpha value is -3.03. The summed E-state index contributed by atoms with van der Waals surface area (Å²) < 4.78 is 16.7. The Morgan fingerprint density at radius 2 is 1.81 bits per heavy atom. The Morgan fingerprint density at radius 1 is 1.06 bits per heavy atom. The molecule has 0 amide bonds. The molecule has 7 nitrogen and oxygen atoms in total. The molecule has 2 heterocycles. The zero-order valence-corrected chi connectivity index (χ0v) is 18.3. The lowest BCUT2D eigenvalue weighted by atomic mass is 10.0. The predicted octanol–water partition coefficient (Wildman–Crippen LogP) is 0.329. The highest BCUT2D eigenvalue weighted by Crippen LogP contribution is 2.39. The van der Waals surface area contributed by atoms with Gasteiger partial charge in [0.2, 0.25) is 5.78 Å². The Bertz CT molecular complexity index is 1010. The maximum Gasteiger partial charge on any atom is 0.231 e. The van der Waals surface area contributed by atoms with Gasteiger partial charge in [-0.1, -0.05) is 0 Å². The summed E-state index contributed by atoms with van der Waals surface area (Å²) in [6.07, 6.45) is 1.68. The summed E-state index contributed by atoms with van der Waals surface area (Å²) in [5.74, 6) is 1.93. The van der Waals surface area contributed by atoms with Crippen LogP contribution >= 0.6 is 0 Å². The van der Waals surface area contributed by atoms with Crippen LogP contribution in [0.2, 0.25) is 0 Å². The molecule has 0 spiro atoms. The van der Waals surface area contributed by atoms with Gasteiger partial charge >= 0.3 is 0 Å². The lowest BCUT2D eigenvalue weighted by Crippen LogP contribution is -3.27. The predicted molar refractivity (Wildman–Crippen MR) is 116 cm³/mol. The SMILES string of the molecule is CC[NH+]1CC[NH+](Cc2c(O)ccc3c2OC(=Cc2ccc(OC)cc2OC)C3=O)CC1. The number of phenolic OH excluding ortho intramolecular Hbond substituents is 1. The minimum absolute atomic E-state index is 0.174. The molecule has 3 N–H and O–H groups in total. The van der Waals surface area contributed by atoms with Crippen molar-refractivity contribution in [2.45, 2.75) is 13.5 Å². The normalized spacial score (nSPS) is 21.6. The van der Waals surface area contributed by atoms with E-state index < -0.39 is 0 Å². The van der Waals surface area contributed by atoms with Crippen molar-refractivity contribution >= 4 is 11.9 Å². The number of quaternary nitrogens is 2. The van der Waals surface area contributed by atoms with Crippen LogP contribution in [-0.4, -0.2) is 57.8 Å². The van der Waals surface area contributed by atoms with Crippen molar-refractivity contribution in [2.24, 2.45) is 0 Å². The van der Waals surface area contributed by atoms with Crippen LogP contribution in [0.1, 0.15) is 28.4 Å². The number of phenols is 1. The first kappa shape index (κ1) is 21.2. The first-order valence-electron chi connectivity index (χ1n) is 10.7. The van der Waals surface area contributed by atoms with Crippen LogP contribution in [0.4, 0.5) is 0 Å². The van der Waals surface area contributed by atoms with E-state index in [0.29, 0.717) is 34.9 Å². The second-order valence-corrected chi connectivity index (χ2v) is 8.02. The van der Waals surface area contributed by atoms with Gasteiger partial charge in [-0.2, -0.15) is 0 Å². The standard InChI is InChI=1S/C24H28N2O5/c1-4-25-9-11-26(12-10-25)15-19-20(27)8-7-18-23(28)22(31-24(18)19)13-16-5-6-17(29-2)14-21(16)30-3/h5-8,13-14,27H,4,9-12,15H2,1-3H3/p+2. The molecule has 0 atom stereocenters. The first-order chi connectivity index (χ1) is 15.0. The molecule has 2 aromatic rings. The van der Waals surface area contributed by atoms with Crippen LogP contribution in [0.25, 0.3) is 6.08 Å². The molecule has 31 heavy (non-hydrogen) atoms. The fourth-order valence-corrected chi connectivity index (χ4v) is 4.28. The third-order valence-corrected chi connectivity index (χ3v) is 6.23. The van der Waals surface area contributed by atoms with Crippen LogP contribution in [-0.2, 0) is 6.54 Å². The Balaban J connectivity index is 1.61. The Kier molecular flexibility index (Phi) is 6.15. The van der Waals surface area contributed by atoms with E-state index in [2.05, 4.69) is 6.92 Å². The van der Waals surface area contributed by atoms with E-state index in [9.17, 15) is 9.90 Å². The fraction of sp³-hybridized carbons (Fsp3) is 0.375. The summed E-state index contributed by atoms with van der Waals surface area (Å²) in [6.45, 7) is 8.28. The molecular formula is C24H30N2O5+2. The number of allylic oxidation sites excluding steroid dienone is 1. The summed E-state index contributed by atoms with van der Waals surface area (Å²) in [5, 5.41) is 10.5. The topological polar surface area (TPSA) is 73.9 Å². The molecule has 0 bridgehead atoms. The molecule has 0 aliphatic carbocycles. The number of carbonyl (C=O) groups excluding carboxylic acids is 1. The molecule has 0 unspecified atom stereocenters. The number of carbonyl (C=O) groups is 1. The van der Waals surface area contributed by atoms with Gasteiger partial charge in [-0.05, 0) is 37.3 Å². The smallest absolute Gasteiger partial charge is 0.231 e. The number of fused-ring (bicyclic) bond motifs is 1. The number of ketones is 1. The lowest BCUT2D eigenvalue weighted by Gasteiger charge is -2.29. The molecule has 2 aliphatic rings. The number of benzene rings is 2. The summed E-state index contributed by atoms with van der Waals surface area (Å²) in [4.78, 5) is 16.0. The van der Waals surface area contributed by atoms with Crippen molar-refractivity contribution < 1.29 is 33.9 Å². The number of nitrogens with one attached hydrogen (secondary N) is 2. The van der Waals surface area contributed by atoms with Gasteiger partial charge in [-0.3, -0.25) is 4.79 Å². The van der Waals surface area contributed by atoms with E-state index in [-0.39, 0.29) is 17.3 Å². The molecule has 7 heteroatoms. The number of ether oxygens (including phenoxy) is 3. The number of likely N-dealkylation sites (N-methyl/N-ethyl adjacent to an activating group) is 1. The number of aromatic hydroxyl groups is 1. The molecule has 164 valence electrons. The van der Waals surface area contributed by atoms with Gasteiger partial charge in [0, 0.05) is 11.6 Å². The molecule has 0 radical (unpaired) electrons. The molecule has 1 fully saturated rings. The number of rotatable bonds is 6. The monoisotopic (exact) mass is 426 g/mol. The van der Waals surface area contributed by atoms with Crippen LogP contribution < -0.4 is 24.0 Å². The average molecular weight is 427 g/mol. The van der Waals surface area contributed by atoms with Gasteiger partial charge < -0.3 is 29.1 Å². The van der Waals surface area contributed by atoms with Crippen LogP contribution in [0.3, 0.4) is 0 Å². The molecular weight excluding hydrogens is 396 g/mol. The molecule has 2 aromatic carbocycles. The zero-order chi connectivity index (χ0) is 22.0. The van der Waals surface area contributed by atoms with E-state index in [1.54, 1.807) is 49.5 Å². The van der Waals surface area contributed by atoms with Crippen molar-refractivity contribution in [1.82, 2.24) is 0 Å². The molecule has 4 rings (SSSR count). The quantitative estimate of drug-likeness (QED) is 0.581. The summed E-state index contributed by atoms with van der Waals surface area (Å²) in [5.41, 5.74) is 1.91. The van der Waals surface area contributed by atoms with Crippen LogP contribution in [0.5, 0.6) is 23.0 Å². The number of hydrogen-bond donors (Lipinski definition) is 3. The van der Waals surface area contributed by atoms with Crippen molar-refractivity contribution in [2.75, 3.05) is 46.9 Å². The number of piperazine rings is 1. The average Bonchev–Trinajstić information content (AvgIpc) is 3.11. The van der Waals surface area contributed by atoms with Gasteiger partial charge in [0.1, 0.15) is 50.0 Å². The minimum atomic E-state index is -0.190. The van der Waals surface area contributed by atoms with Gasteiger partial charge in [0.25, 0.3) is 0 Å². The summed E-state index contributed by atoms with van der Waals surface area (Å²) in [7, 11) is 3.16. The Labute approximate surface area is 182 Å². The second-order valence-electron chi connectivity index (χ2n) is 8.02. The van der Waals surface area contributed by atoms with Gasteiger partial charge in [-0.25, -0.2) is 0 Å². The third kappa shape index (κ3) is 4.24. The van der Waals surface area contributed by atoms with Gasteiger partial charge in [0.15, 0.2) is 11.5 Å². The molecule has 0 saturated carbocycles. The maximum atomic E-state index is 13.0. The molecule has 2 aliphatic heterocycles. The van der Waals surface area contributed by atoms with E-state index in [4.69, 9.17) is 14.2 Å². The van der Waals surface area contributed by atoms with Crippen molar-refractivity contribution in [3.63, 3.8) is 0 Å². The number of Topliss-reactive ketones (excluding diaryl/α,β-unsaturated/α-hetero) is 1. The van der Waals surface area contributed by atoms with Crippen LogP contribution in [0.15, 0.2) is 36.1 Å². The fourth-order valence-electron chi connectivity index (χ4n) is 4.28. The maximum absolute atomic E-state index is 13.0. The highest BCUT2D eigenvalue weighted by atomic mass is 16.5. The van der Waals surface area contributed by atoms with Gasteiger partial charge in [-0.15, -0.1) is 0 Å². The van der Waals surface area contributed by atoms with Gasteiger partial charge in [0.05, 0.1) is 31.9 Å². The summed E-state index contributed by atoms with van der Waals surface area (Å²) in [6, 6.07) is 8.62. The van der Waals surface area contributed by atoms with E-state index in [1.165, 1.54) is 4.90 Å². The first-order valence-corrected chi connectivity index (χ1v) is 10.7. The second kappa shape index (κ2) is 8.99. The highest BCUT2D eigenvalue weighted by Gasteiger charge is 2.33. The summed E-state index contributed by atoms with van der Waals surface area (Å²) >= 11 is 0. The zero-order valence-electron chi connectivity index (χ0n) is 18.3. The third-order valence-electron chi connectivity index (χ3n) is 6.23. The van der Waals surface area contributed by atoms with Crippen molar-refractivity contribution in [1.29, 1.82) is 0 Å². The highest BCUT2D eigenvalue weighted by molar-refractivity contribution is 6.15. The van der Waals surface area contributed by atoms with E-state index in [1.807, 2.05) is 6.07 Å². The number of hydrogen-bond acceptors (Lipinski definition) is 5. The number of methoxy groups -OCH3 is 2. The Morgan fingerprint density at radius 3 is 2.48 bits per heavy atom. The largest absolute Gasteiger partial charge is 0.507 e. The van der Waals surface area contributed by atoms with E-state index in [0.717, 1.165) is 38.3 Å². The molecule has 0 aromatic heterocycles. The van der Waals surface area contributed by atoms with E-state index >= 15 is 0 Å². The molecule has 1 saturated heterocycles. The van der Waals surface area contributed by atoms with Crippen LogP contribution in [0, 0.1) is 0 Å². The van der Waals surface area contributed by atoms with Crippen molar-refractivity contribution in [3.05, 3.63) is 52.8 Å².